The van der Waals surface area contributed by atoms with Gasteiger partial charge in [0.25, 0.3) is 5.91 Å². The predicted molar refractivity (Wildman–Crippen MR) is 88.1 cm³/mol. The number of nitrogens with zero attached hydrogens (tertiary/aromatic N) is 1. The number of benzene rings is 2. The van der Waals surface area contributed by atoms with Crippen molar-refractivity contribution in [1.29, 1.82) is 0 Å². The monoisotopic (exact) mass is 296 g/mol. The molecule has 1 aliphatic heterocycles. The first-order chi connectivity index (χ1) is 10.5. The molecule has 0 saturated carbocycles. The molecule has 1 unspecified atom stereocenters. The lowest BCUT2D eigenvalue weighted by Crippen LogP contribution is -2.43. The van der Waals surface area contributed by atoms with E-state index in [1.165, 1.54) is 0 Å². The third-order valence-electron chi connectivity index (χ3n) is 4.34. The van der Waals surface area contributed by atoms with Crippen LogP contribution in [0.1, 0.15) is 31.1 Å². The number of hydrogen-bond acceptors (Lipinski definition) is 2. The van der Waals surface area contributed by atoms with Crippen LogP contribution in [0.5, 0.6) is 0 Å². The molecule has 2 amide bonds. The van der Waals surface area contributed by atoms with Gasteiger partial charge in [0.05, 0.1) is 5.69 Å². The number of anilines is 1. The van der Waals surface area contributed by atoms with E-state index in [0.717, 1.165) is 16.5 Å². The Hall–Kier alpha value is -2.36. The second kappa shape index (κ2) is 5.44. The first kappa shape index (κ1) is 14.6. The van der Waals surface area contributed by atoms with E-state index >= 15 is 0 Å². The zero-order valence-electron chi connectivity index (χ0n) is 13.1. The number of carbonyl (C=O) groups excluding carboxylic acids is 2. The lowest BCUT2D eigenvalue weighted by Gasteiger charge is -2.21. The van der Waals surface area contributed by atoms with Crippen LogP contribution in [0.25, 0.3) is 10.8 Å². The van der Waals surface area contributed by atoms with Gasteiger partial charge in [-0.3, -0.25) is 14.5 Å². The minimum atomic E-state index is -0.126. The SMILES string of the molecule is CC(C)C(C)NC(=O)CN1C(=O)c2cccc3cccc1c23. The maximum atomic E-state index is 12.6. The maximum absolute atomic E-state index is 12.6. The van der Waals surface area contributed by atoms with E-state index in [1.54, 1.807) is 4.90 Å². The van der Waals surface area contributed by atoms with Crippen LogP contribution in [0.4, 0.5) is 5.69 Å². The molecule has 1 heterocycles. The van der Waals surface area contributed by atoms with E-state index in [9.17, 15) is 9.59 Å². The summed E-state index contributed by atoms with van der Waals surface area (Å²) in [5.41, 5.74) is 1.50. The highest BCUT2D eigenvalue weighted by Gasteiger charge is 2.31. The summed E-state index contributed by atoms with van der Waals surface area (Å²) in [5.74, 6) is 0.136. The Bertz CT molecular complexity index is 747. The molecule has 0 saturated heterocycles. The number of nitrogens with one attached hydrogen (secondary N) is 1. The Labute approximate surface area is 130 Å². The lowest BCUT2D eigenvalue weighted by molar-refractivity contribution is -0.120. The fourth-order valence-electron chi connectivity index (χ4n) is 2.75. The Morgan fingerprint density at radius 3 is 2.50 bits per heavy atom. The second-order valence-electron chi connectivity index (χ2n) is 6.17. The molecular weight excluding hydrogens is 276 g/mol. The maximum Gasteiger partial charge on any atom is 0.259 e. The number of rotatable bonds is 4. The summed E-state index contributed by atoms with van der Waals surface area (Å²) in [4.78, 5) is 26.4. The van der Waals surface area contributed by atoms with E-state index in [4.69, 9.17) is 0 Å². The zero-order chi connectivity index (χ0) is 15.9. The highest BCUT2D eigenvalue weighted by Crippen LogP contribution is 2.36. The zero-order valence-corrected chi connectivity index (χ0v) is 13.1. The van der Waals surface area contributed by atoms with Gasteiger partial charge in [-0.25, -0.2) is 0 Å². The molecule has 1 aliphatic rings. The van der Waals surface area contributed by atoms with Crippen LogP contribution >= 0.6 is 0 Å². The molecule has 4 heteroatoms. The summed E-state index contributed by atoms with van der Waals surface area (Å²) in [6.45, 7) is 6.15. The van der Waals surface area contributed by atoms with Crippen LogP contribution in [-0.4, -0.2) is 24.4 Å². The molecule has 0 bridgehead atoms. The van der Waals surface area contributed by atoms with Crippen LogP contribution in [0.2, 0.25) is 0 Å². The number of carbonyl (C=O) groups is 2. The van der Waals surface area contributed by atoms with Gasteiger partial charge in [-0.1, -0.05) is 38.1 Å². The molecule has 0 radical (unpaired) electrons. The topological polar surface area (TPSA) is 49.4 Å². The first-order valence-corrected chi connectivity index (χ1v) is 7.62. The van der Waals surface area contributed by atoms with Gasteiger partial charge in [-0.15, -0.1) is 0 Å². The average Bonchev–Trinajstić information content (AvgIpc) is 2.75. The van der Waals surface area contributed by atoms with Crippen LogP contribution in [-0.2, 0) is 4.79 Å². The van der Waals surface area contributed by atoms with Crippen LogP contribution < -0.4 is 10.2 Å². The summed E-state index contributed by atoms with van der Waals surface area (Å²) >= 11 is 0. The van der Waals surface area contributed by atoms with Crippen molar-refractivity contribution in [2.75, 3.05) is 11.4 Å². The molecule has 4 nitrogen and oxygen atoms in total. The standard InChI is InChI=1S/C18H20N2O2/c1-11(2)12(3)19-16(21)10-20-15-9-5-7-13-6-4-8-14(17(13)15)18(20)22/h4-9,11-12H,10H2,1-3H3,(H,19,21). The molecule has 0 aliphatic carbocycles. The van der Waals surface area contributed by atoms with E-state index in [0.29, 0.717) is 11.5 Å². The Kier molecular flexibility index (Phi) is 3.61. The summed E-state index contributed by atoms with van der Waals surface area (Å²) in [6.07, 6.45) is 0. The Balaban J connectivity index is 1.87. The van der Waals surface area contributed by atoms with Gasteiger partial charge in [0.2, 0.25) is 5.91 Å². The van der Waals surface area contributed by atoms with E-state index in [-0.39, 0.29) is 24.4 Å². The van der Waals surface area contributed by atoms with E-state index in [2.05, 4.69) is 19.2 Å². The minimum Gasteiger partial charge on any atom is -0.352 e. The molecule has 22 heavy (non-hydrogen) atoms. The smallest absolute Gasteiger partial charge is 0.259 e. The summed E-state index contributed by atoms with van der Waals surface area (Å²) in [5, 5.41) is 4.93. The van der Waals surface area contributed by atoms with Gasteiger partial charge in [0.15, 0.2) is 0 Å². The van der Waals surface area contributed by atoms with Crippen molar-refractivity contribution in [1.82, 2.24) is 5.32 Å². The molecule has 3 rings (SSSR count). The van der Waals surface area contributed by atoms with Crippen molar-refractivity contribution in [3.8, 4) is 0 Å². The summed E-state index contributed by atoms with van der Waals surface area (Å²) in [6, 6.07) is 11.6. The largest absolute Gasteiger partial charge is 0.352 e. The first-order valence-electron chi connectivity index (χ1n) is 7.62. The quantitative estimate of drug-likeness (QED) is 0.943. The molecule has 1 N–H and O–H groups in total. The van der Waals surface area contributed by atoms with Crippen molar-refractivity contribution in [3.05, 3.63) is 42.0 Å². The van der Waals surface area contributed by atoms with Gasteiger partial charge in [0.1, 0.15) is 6.54 Å². The van der Waals surface area contributed by atoms with Crippen LogP contribution in [0.15, 0.2) is 36.4 Å². The van der Waals surface area contributed by atoms with Gasteiger partial charge >= 0.3 is 0 Å². The van der Waals surface area contributed by atoms with Gasteiger partial charge in [-0.05, 0) is 30.4 Å². The lowest BCUT2D eigenvalue weighted by atomic mass is 10.1. The number of amides is 2. The third kappa shape index (κ3) is 2.34. The fraction of sp³-hybridized carbons (Fsp3) is 0.333. The van der Waals surface area contributed by atoms with Gasteiger partial charge < -0.3 is 5.32 Å². The highest BCUT2D eigenvalue weighted by atomic mass is 16.2. The summed E-state index contributed by atoms with van der Waals surface area (Å²) in [7, 11) is 0. The predicted octanol–water partition coefficient (Wildman–Crippen LogP) is 2.96. The second-order valence-corrected chi connectivity index (χ2v) is 6.17. The molecule has 0 spiro atoms. The van der Waals surface area contributed by atoms with Crippen molar-refractivity contribution in [2.45, 2.75) is 26.8 Å². The molecule has 2 aromatic rings. The van der Waals surface area contributed by atoms with Crippen molar-refractivity contribution >= 4 is 28.3 Å². The Morgan fingerprint density at radius 1 is 1.14 bits per heavy atom. The fourth-order valence-corrected chi connectivity index (χ4v) is 2.75. The van der Waals surface area contributed by atoms with Crippen molar-refractivity contribution in [3.63, 3.8) is 0 Å². The molecule has 2 aromatic carbocycles. The molecular formula is C18H20N2O2. The Morgan fingerprint density at radius 2 is 1.82 bits per heavy atom. The van der Waals surface area contributed by atoms with Crippen molar-refractivity contribution < 1.29 is 9.59 Å². The van der Waals surface area contributed by atoms with Crippen molar-refractivity contribution in [2.24, 2.45) is 5.92 Å². The average molecular weight is 296 g/mol. The van der Waals surface area contributed by atoms with E-state index < -0.39 is 0 Å². The van der Waals surface area contributed by atoms with Gasteiger partial charge in [-0.2, -0.15) is 0 Å². The highest BCUT2D eigenvalue weighted by molar-refractivity contribution is 6.26. The molecule has 1 atom stereocenters. The molecule has 0 aromatic heterocycles. The number of hydrogen-bond donors (Lipinski definition) is 1. The van der Waals surface area contributed by atoms with Gasteiger partial charge in [0, 0.05) is 17.0 Å². The summed E-state index contributed by atoms with van der Waals surface area (Å²) < 4.78 is 0. The minimum absolute atomic E-state index is 0.0592. The normalized spacial score (nSPS) is 14.7. The van der Waals surface area contributed by atoms with E-state index in [1.807, 2.05) is 43.3 Å². The van der Waals surface area contributed by atoms with Crippen LogP contribution in [0.3, 0.4) is 0 Å². The third-order valence-corrected chi connectivity index (χ3v) is 4.34. The van der Waals surface area contributed by atoms with Crippen LogP contribution in [0, 0.1) is 5.92 Å². The molecule has 114 valence electrons. The molecule has 0 fully saturated rings.